The number of ether oxygens (including phenoxy) is 6. The Bertz CT molecular complexity index is 1270. The maximum absolute atomic E-state index is 13.2. The summed E-state index contributed by atoms with van der Waals surface area (Å²) in [6.07, 6.45) is -3.92. The lowest BCUT2D eigenvalue weighted by atomic mass is 9.55. The standard InChI is InChI=1S/C30H40O13/c1-9-10-20(35)42-21-14(2)13-19-30(29(8,43-30)26(36)41-19)25(40-17(5)33)23-27(6,12-11-18(34)28(23,7)37)24(39-16(4)32)22(21)38-15(3)31/h11-13,18-19,21-25,34,37H,9-10H2,1-8H3/b14-13-/t18-,19+,21?,22-,23+,24+,25?,27+,28-,29+,30+/m1/s1. The van der Waals surface area contributed by atoms with Crippen LogP contribution in [0.2, 0.25) is 0 Å². The molecule has 2 N–H and O–H groups in total. The molecular formula is C30H40O13. The van der Waals surface area contributed by atoms with Crippen LogP contribution in [0.3, 0.4) is 0 Å². The second kappa shape index (κ2) is 11.0. The summed E-state index contributed by atoms with van der Waals surface area (Å²) in [7, 11) is 0. The van der Waals surface area contributed by atoms with E-state index in [0.717, 1.165) is 20.8 Å². The number of aliphatic hydroxyl groups excluding tert-OH is 1. The molecule has 13 heteroatoms. The first-order valence-electron chi connectivity index (χ1n) is 14.3. The van der Waals surface area contributed by atoms with Crippen molar-refractivity contribution in [3.63, 3.8) is 0 Å². The van der Waals surface area contributed by atoms with Gasteiger partial charge in [-0.15, -0.1) is 0 Å². The lowest BCUT2D eigenvalue weighted by Crippen LogP contribution is -2.69. The van der Waals surface area contributed by atoms with Gasteiger partial charge in [0, 0.05) is 38.5 Å². The van der Waals surface area contributed by atoms with Gasteiger partial charge in [0.1, 0.15) is 12.2 Å². The van der Waals surface area contributed by atoms with Gasteiger partial charge in [-0.3, -0.25) is 19.2 Å². The molecule has 0 amide bonds. The number of aliphatic hydroxyl groups is 2. The molecule has 2 fully saturated rings. The molecule has 4 rings (SSSR count). The summed E-state index contributed by atoms with van der Waals surface area (Å²) >= 11 is 0. The highest BCUT2D eigenvalue weighted by Gasteiger charge is 2.88. The highest BCUT2D eigenvalue weighted by atomic mass is 16.7. The molecule has 0 saturated carbocycles. The van der Waals surface area contributed by atoms with E-state index in [1.807, 2.05) is 0 Å². The van der Waals surface area contributed by atoms with E-state index in [1.54, 1.807) is 20.8 Å². The Hall–Kier alpha value is -3.29. The van der Waals surface area contributed by atoms with Gasteiger partial charge in [-0.2, -0.15) is 0 Å². The number of rotatable bonds is 6. The van der Waals surface area contributed by atoms with Crippen LogP contribution < -0.4 is 0 Å². The first-order chi connectivity index (χ1) is 19.9. The second-order valence-electron chi connectivity index (χ2n) is 12.3. The molecular weight excluding hydrogens is 568 g/mol. The van der Waals surface area contributed by atoms with E-state index in [1.165, 1.54) is 32.1 Å². The molecule has 238 valence electrons. The summed E-state index contributed by atoms with van der Waals surface area (Å²) in [5.41, 5.74) is -6.81. The predicted molar refractivity (Wildman–Crippen MR) is 145 cm³/mol. The van der Waals surface area contributed by atoms with Gasteiger partial charge in [0.25, 0.3) is 0 Å². The van der Waals surface area contributed by atoms with Gasteiger partial charge in [-0.05, 0) is 38.8 Å². The molecule has 2 aliphatic heterocycles. The summed E-state index contributed by atoms with van der Waals surface area (Å²) in [5.74, 6) is -5.17. The molecule has 2 unspecified atom stereocenters. The summed E-state index contributed by atoms with van der Waals surface area (Å²) in [5, 5.41) is 23.0. The Morgan fingerprint density at radius 3 is 2.07 bits per heavy atom. The van der Waals surface area contributed by atoms with Crippen LogP contribution in [0.5, 0.6) is 0 Å². The Kier molecular flexibility index (Phi) is 8.35. The number of carbonyl (C=O) groups excluding carboxylic acids is 5. The van der Waals surface area contributed by atoms with Crippen LogP contribution >= 0.6 is 0 Å². The number of fused-ring (bicyclic) bond motifs is 1. The summed E-state index contributed by atoms with van der Waals surface area (Å²) in [6, 6.07) is 0. The van der Waals surface area contributed by atoms with E-state index >= 15 is 0 Å². The lowest BCUT2D eigenvalue weighted by Gasteiger charge is -2.55. The van der Waals surface area contributed by atoms with Gasteiger partial charge >= 0.3 is 29.8 Å². The molecule has 2 heterocycles. The molecule has 11 atom stereocenters. The minimum absolute atomic E-state index is 0.0214. The smallest absolute Gasteiger partial charge is 0.342 e. The summed E-state index contributed by atoms with van der Waals surface area (Å²) in [6.45, 7) is 11.1. The van der Waals surface area contributed by atoms with E-state index in [4.69, 9.17) is 28.4 Å². The molecule has 0 radical (unpaired) electrons. The maximum atomic E-state index is 13.2. The number of epoxide rings is 1. The van der Waals surface area contributed by atoms with Crippen LogP contribution in [-0.4, -0.2) is 93.5 Å². The topological polar surface area (TPSA) is 184 Å². The third-order valence-electron chi connectivity index (χ3n) is 9.06. The van der Waals surface area contributed by atoms with Gasteiger partial charge in [-0.1, -0.05) is 26.0 Å². The van der Waals surface area contributed by atoms with Crippen LogP contribution in [-0.2, 0) is 52.4 Å². The Balaban J connectivity index is 2.10. The number of esters is 5. The molecule has 0 bridgehead atoms. The Labute approximate surface area is 249 Å². The zero-order valence-electron chi connectivity index (χ0n) is 25.6. The van der Waals surface area contributed by atoms with Crippen LogP contribution in [0, 0.1) is 11.3 Å². The van der Waals surface area contributed by atoms with Gasteiger partial charge in [0.05, 0.1) is 5.60 Å². The van der Waals surface area contributed by atoms with Crippen LogP contribution in [0.15, 0.2) is 23.8 Å². The lowest BCUT2D eigenvalue weighted by molar-refractivity contribution is -0.230. The molecule has 2 aliphatic carbocycles. The molecule has 2 saturated heterocycles. The van der Waals surface area contributed by atoms with E-state index in [0.29, 0.717) is 6.42 Å². The highest BCUT2D eigenvalue weighted by molar-refractivity contribution is 5.89. The highest BCUT2D eigenvalue weighted by Crippen LogP contribution is 2.65. The fourth-order valence-electron chi connectivity index (χ4n) is 7.06. The van der Waals surface area contributed by atoms with Gasteiger partial charge < -0.3 is 38.6 Å². The van der Waals surface area contributed by atoms with Crippen LogP contribution in [0.4, 0.5) is 0 Å². The Morgan fingerprint density at radius 1 is 0.953 bits per heavy atom. The zero-order chi connectivity index (χ0) is 32.3. The fourth-order valence-corrected chi connectivity index (χ4v) is 7.06. The SMILES string of the molecule is CCCC(=O)OC1/C(C)=C\[C@@H]2OC(=O)[C@]3(C)O[C@]23C(OC(C)=O)[C@@H]2[C@](C)(O)[C@H](O)C=C[C@]2(C)[C@@H](OC(C)=O)[C@@H]1OC(C)=O. The monoisotopic (exact) mass is 608 g/mol. The van der Waals surface area contributed by atoms with Gasteiger partial charge in [0.15, 0.2) is 35.6 Å². The number of hydrogen-bond acceptors (Lipinski definition) is 13. The van der Waals surface area contributed by atoms with E-state index < -0.39 is 94.6 Å². The third-order valence-corrected chi connectivity index (χ3v) is 9.06. The first kappa shape index (κ1) is 32.6. The van der Waals surface area contributed by atoms with Gasteiger partial charge in [0.2, 0.25) is 0 Å². The number of hydrogen-bond donors (Lipinski definition) is 2. The van der Waals surface area contributed by atoms with Crippen molar-refractivity contribution in [1.82, 2.24) is 0 Å². The van der Waals surface area contributed by atoms with Crippen molar-refractivity contribution >= 4 is 29.8 Å². The van der Waals surface area contributed by atoms with Crippen molar-refractivity contribution in [3.8, 4) is 0 Å². The van der Waals surface area contributed by atoms with Crippen molar-refractivity contribution in [3.05, 3.63) is 23.8 Å². The van der Waals surface area contributed by atoms with E-state index in [2.05, 4.69) is 0 Å². The number of carbonyl (C=O) groups is 5. The maximum Gasteiger partial charge on any atom is 0.342 e. The molecule has 43 heavy (non-hydrogen) atoms. The quantitative estimate of drug-likeness (QED) is 0.190. The average Bonchev–Trinajstić information content (AvgIpc) is 3.47. The van der Waals surface area contributed by atoms with Crippen molar-refractivity contribution in [2.75, 3.05) is 0 Å². The average molecular weight is 609 g/mol. The predicted octanol–water partition coefficient (Wildman–Crippen LogP) is 1.21. The minimum atomic E-state index is -2.12. The molecule has 13 nitrogen and oxygen atoms in total. The Morgan fingerprint density at radius 2 is 1.53 bits per heavy atom. The molecule has 4 aliphatic rings. The van der Waals surface area contributed by atoms with Gasteiger partial charge in [-0.25, -0.2) is 4.79 Å². The summed E-state index contributed by atoms with van der Waals surface area (Å²) < 4.78 is 35.2. The van der Waals surface area contributed by atoms with Crippen LogP contribution in [0.1, 0.15) is 68.2 Å². The van der Waals surface area contributed by atoms with E-state index in [9.17, 15) is 34.2 Å². The molecule has 1 spiro atoms. The van der Waals surface area contributed by atoms with Crippen LogP contribution in [0.25, 0.3) is 0 Å². The molecule has 0 aromatic heterocycles. The third kappa shape index (κ3) is 5.14. The van der Waals surface area contributed by atoms with E-state index in [-0.39, 0.29) is 12.0 Å². The minimum Gasteiger partial charge on any atom is -0.459 e. The molecule has 0 aromatic rings. The van der Waals surface area contributed by atoms with Crippen molar-refractivity contribution in [2.24, 2.45) is 11.3 Å². The van der Waals surface area contributed by atoms with Crippen molar-refractivity contribution < 1.29 is 62.6 Å². The zero-order valence-corrected chi connectivity index (χ0v) is 25.6. The largest absolute Gasteiger partial charge is 0.459 e. The summed E-state index contributed by atoms with van der Waals surface area (Å²) in [4.78, 5) is 64.0. The van der Waals surface area contributed by atoms with Crippen molar-refractivity contribution in [1.29, 1.82) is 0 Å². The molecule has 0 aromatic carbocycles. The second-order valence-corrected chi connectivity index (χ2v) is 12.3. The normalized spacial score (nSPS) is 44.3. The first-order valence-corrected chi connectivity index (χ1v) is 14.3. The van der Waals surface area contributed by atoms with Crippen molar-refractivity contribution in [2.45, 2.75) is 122 Å². The fraction of sp³-hybridized carbons (Fsp3) is 0.700.